The van der Waals surface area contributed by atoms with Crippen LogP contribution in [0.25, 0.3) is 0 Å². The second-order valence-electron chi connectivity index (χ2n) is 7.53. The van der Waals surface area contributed by atoms with Crippen LogP contribution in [0, 0.1) is 17.8 Å². The Balaban J connectivity index is 1.70. The number of benzene rings is 2. The van der Waals surface area contributed by atoms with E-state index >= 15 is 0 Å². The van der Waals surface area contributed by atoms with Crippen LogP contribution >= 0.6 is 11.6 Å². The van der Waals surface area contributed by atoms with Crippen molar-refractivity contribution in [1.29, 1.82) is 0 Å². The van der Waals surface area contributed by atoms with E-state index in [-0.39, 0.29) is 27.4 Å². The molecular formula is C21H17ClF3N3O2S. The number of alkyl halides is 3. The van der Waals surface area contributed by atoms with E-state index in [2.05, 4.69) is 22.2 Å². The first kappa shape index (κ1) is 21.7. The van der Waals surface area contributed by atoms with Crippen LogP contribution in [0.1, 0.15) is 29.5 Å². The van der Waals surface area contributed by atoms with Crippen molar-refractivity contribution in [2.45, 2.75) is 35.9 Å². The summed E-state index contributed by atoms with van der Waals surface area (Å²) < 4.78 is 65.2. The number of nitrogens with one attached hydrogen (secondary N) is 1. The second-order valence-corrected chi connectivity index (χ2v) is 9.44. The summed E-state index contributed by atoms with van der Waals surface area (Å²) >= 11 is 5.94. The third-order valence-electron chi connectivity index (χ3n) is 5.08. The van der Waals surface area contributed by atoms with Crippen LogP contribution in [-0.2, 0) is 22.0 Å². The zero-order valence-corrected chi connectivity index (χ0v) is 17.6. The molecule has 4 rings (SSSR count). The highest BCUT2D eigenvalue weighted by atomic mass is 35.5. The van der Waals surface area contributed by atoms with Crippen molar-refractivity contribution in [1.82, 2.24) is 0 Å². The van der Waals surface area contributed by atoms with E-state index in [9.17, 15) is 21.6 Å². The molecule has 1 aliphatic heterocycles. The molecular weight excluding hydrogens is 451 g/mol. The molecule has 0 aromatic heterocycles. The van der Waals surface area contributed by atoms with Crippen LogP contribution < -0.4 is 10.5 Å². The smallest absolute Gasteiger partial charge is 0.330 e. The maximum absolute atomic E-state index is 14.1. The SMILES string of the molecule is NS(=O)(=O)c1ccc(Cc2ccc3c(c2)NC(Cl)=N[C@]3(C#CC2CC2)C(F)(F)F)cc1. The first-order valence-corrected chi connectivity index (χ1v) is 11.3. The maximum atomic E-state index is 14.1. The van der Waals surface area contributed by atoms with Gasteiger partial charge in [0.05, 0.1) is 4.90 Å². The molecule has 0 amide bonds. The molecule has 5 nitrogen and oxygen atoms in total. The number of rotatable bonds is 3. The molecule has 1 aliphatic carbocycles. The molecule has 0 saturated heterocycles. The molecule has 0 unspecified atom stereocenters. The lowest BCUT2D eigenvalue weighted by Crippen LogP contribution is -2.43. The number of nitrogens with two attached hydrogens (primary N) is 1. The van der Waals surface area contributed by atoms with Gasteiger partial charge in [0, 0.05) is 17.2 Å². The summed E-state index contributed by atoms with van der Waals surface area (Å²) in [7, 11) is -3.80. The Bertz CT molecular complexity index is 1230. The first-order valence-electron chi connectivity index (χ1n) is 9.35. The fourth-order valence-electron chi connectivity index (χ4n) is 3.32. The molecule has 1 atom stereocenters. The summed E-state index contributed by atoms with van der Waals surface area (Å²) in [4.78, 5) is 3.66. The largest absolute Gasteiger partial charge is 0.429 e. The summed E-state index contributed by atoms with van der Waals surface area (Å²) in [5.41, 5.74) is -1.18. The van der Waals surface area contributed by atoms with Gasteiger partial charge in [0.2, 0.25) is 15.6 Å². The Hall–Kier alpha value is -2.54. The third kappa shape index (κ3) is 4.42. The lowest BCUT2D eigenvalue weighted by atomic mass is 9.86. The highest BCUT2D eigenvalue weighted by Gasteiger charge is 2.58. The van der Waals surface area contributed by atoms with Gasteiger partial charge in [-0.05, 0) is 60.2 Å². The topological polar surface area (TPSA) is 84.5 Å². The van der Waals surface area contributed by atoms with Gasteiger partial charge >= 0.3 is 6.18 Å². The lowest BCUT2D eigenvalue weighted by molar-refractivity contribution is -0.170. The van der Waals surface area contributed by atoms with Crippen molar-refractivity contribution in [3.8, 4) is 11.8 Å². The van der Waals surface area contributed by atoms with E-state index in [0.29, 0.717) is 12.0 Å². The Morgan fingerprint density at radius 2 is 1.81 bits per heavy atom. The zero-order valence-electron chi connectivity index (χ0n) is 16.0. The Kier molecular flexibility index (Phi) is 5.28. The zero-order chi connectivity index (χ0) is 22.4. The van der Waals surface area contributed by atoms with E-state index in [0.717, 1.165) is 18.4 Å². The predicted octanol–water partition coefficient (Wildman–Crippen LogP) is 4.12. The molecule has 0 bridgehead atoms. The van der Waals surface area contributed by atoms with Crippen LogP contribution in [0.3, 0.4) is 0 Å². The van der Waals surface area contributed by atoms with Crippen molar-refractivity contribution in [2.24, 2.45) is 16.0 Å². The number of anilines is 1. The van der Waals surface area contributed by atoms with Crippen LogP contribution in [0.4, 0.5) is 18.9 Å². The van der Waals surface area contributed by atoms with Crippen LogP contribution in [0.2, 0.25) is 0 Å². The summed E-state index contributed by atoms with van der Waals surface area (Å²) in [5.74, 6) is 5.01. The van der Waals surface area contributed by atoms with Gasteiger partial charge < -0.3 is 5.32 Å². The standard InChI is InChI=1S/C21H17ClF3N3O2S/c22-19-27-18-12-15(11-14-3-6-16(7-4-14)31(26,29)30)5-8-17(18)20(28-19,21(23,24)25)10-9-13-1-2-13/h3-8,12-13H,1-2,11H2,(H,27,28)(H2,26,29,30)/t20-/m0/s1. The Morgan fingerprint density at radius 1 is 1.16 bits per heavy atom. The van der Waals surface area contributed by atoms with Crippen LogP contribution in [0.15, 0.2) is 52.4 Å². The molecule has 2 aromatic rings. The number of sulfonamides is 1. The summed E-state index contributed by atoms with van der Waals surface area (Å²) in [6.45, 7) is 0. The first-order chi connectivity index (χ1) is 14.5. The molecule has 0 spiro atoms. The number of aliphatic imine (C=N–C) groups is 1. The predicted molar refractivity (Wildman–Crippen MR) is 112 cm³/mol. The molecule has 10 heteroatoms. The van der Waals surface area contributed by atoms with Gasteiger partial charge in [0.1, 0.15) is 0 Å². The van der Waals surface area contributed by atoms with E-state index < -0.39 is 21.7 Å². The lowest BCUT2D eigenvalue weighted by Gasteiger charge is -2.33. The van der Waals surface area contributed by atoms with Crippen molar-refractivity contribution in [3.05, 3.63) is 59.2 Å². The Labute approximate surface area is 182 Å². The molecule has 2 aliphatic rings. The van der Waals surface area contributed by atoms with Crippen molar-refractivity contribution in [2.75, 3.05) is 5.32 Å². The van der Waals surface area contributed by atoms with Crippen molar-refractivity contribution < 1.29 is 21.6 Å². The van der Waals surface area contributed by atoms with Crippen molar-refractivity contribution >= 4 is 32.6 Å². The molecule has 31 heavy (non-hydrogen) atoms. The number of fused-ring (bicyclic) bond motifs is 1. The second kappa shape index (κ2) is 7.55. The minimum atomic E-state index is -4.75. The molecule has 162 valence electrons. The molecule has 2 aromatic carbocycles. The number of nitrogens with zero attached hydrogens (tertiary/aromatic N) is 1. The fourth-order valence-corrected chi connectivity index (χ4v) is 4.06. The molecule has 0 radical (unpaired) electrons. The highest BCUT2D eigenvalue weighted by Crippen LogP contribution is 2.48. The number of hydrogen-bond acceptors (Lipinski definition) is 4. The van der Waals surface area contributed by atoms with Crippen LogP contribution in [-0.4, -0.2) is 19.9 Å². The Morgan fingerprint density at radius 3 is 2.39 bits per heavy atom. The third-order valence-corrected chi connectivity index (χ3v) is 6.19. The highest BCUT2D eigenvalue weighted by molar-refractivity contribution is 7.89. The van der Waals surface area contributed by atoms with Gasteiger partial charge in [-0.1, -0.05) is 36.1 Å². The molecule has 1 fully saturated rings. The number of halogens is 4. The summed E-state index contributed by atoms with van der Waals surface area (Å²) in [6.07, 6.45) is -2.82. The van der Waals surface area contributed by atoms with E-state index in [1.54, 1.807) is 24.3 Å². The monoisotopic (exact) mass is 467 g/mol. The number of amidine groups is 1. The molecule has 1 heterocycles. The van der Waals surface area contributed by atoms with Gasteiger partial charge in [-0.25, -0.2) is 18.5 Å². The van der Waals surface area contributed by atoms with E-state index in [4.69, 9.17) is 16.7 Å². The van der Waals surface area contributed by atoms with Gasteiger partial charge in [-0.2, -0.15) is 13.2 Å². The van der Waals surface area contributed by atoms with Crippen LogP contribution in [0.5, 0.6) is 0 Å². The normalized spacial score (nSPS) is 20.7. The minimum absolute atomic E-state index is 0.0180. The fraction of sp³-hybridized carbons (Fsp3) is 0.286. The quantitative estimate of drug-likeness (QED) is 0.526. The van der Waals surface area contributed by atoms with Gasteiger partial charge in [-0.3, -0.25) is 0 Å². The minimum Gasteiger partial charge on any atom is -0.330 e. The van der Waals surface area contributed by atoms with Crippen molar-refractivity contribution in [3.63, 3.8) is 0 Å². The van der Waals surface area contributed by atoms with E-state index in [1.807, 2.05) is 0 Å². The number of hydrogen-bond donors (Lipinski definition) is 2. The van der Waals surface area contributed by atoms with Gasteiger partial charge in [0.15, 0.2) is 5.29 Å². The molecule has 3 N–H and O–H groups in total. The molecule has 1 saturated carbocycles. The van der Waals surface area contributed by atoms with Gasteiger partial charge in [0.25, 0.3) is 0 Å². The maximum Gasteiger partial charge on any atom is 0.429 e. The summed E-state index contributed by atoms with van der Waals surface area (Å²) in [5, 5.41) is 7.41. The average Bonchev–Trinajstić information content (AvgIpc) is 3.49. The average molecular weight is 468 g/mol. The summed E-state index contributed by atoms with van der Waals surface area (Å²) in [6, 6.07) is 10.5. The van der Waals surface area contributed by atoms with E-state index in [1.165, 1.54) is 18.2 Å². The number of primary sulfonamides is 1. The van der Waals surface area contributed by atoms with Gasteiger partial charge in [-0.15, -0.1) is 0 Å².